The summed E-state index contributed by atoms with van der Waals surface area (Å²) in [4.78, 5) is 15.0. The Morgan fingerprint density at radius 2 is 0.837 bits per heavy atom. The fourth-order valence-corrected chi connectivity index (χ4v) is 5.66. The van der Waals surface area contributed by atoms with Crippen LogP contribution in [0.5, 0.6) is 0 Å². The minimum Gasteiger partial charge on any atom is -0.456 e. The van der Waals surface area contributed by atoms with Gasteiger partial charge in [-0.15, -0.1) is 0 Å². The zero-order valence-electron chi connectivity index (χ0n) is 23.2. The highest BCUT2D eigenvalue weighted by Crippen LogP contribution is 2.37. The highest BCUT2D eigenvalue weighted by Gasteiger charge is 2.16. The smallest absolute Gasteiger partial charge is 0.164 e. The molecule has 202 valence electrons. The fourth-order valence-electron chi connectivity index (χ4n) is 5.66. The molecule has 0 saturated heterocycles. The van der Waals surface area contributed by atoms with E-state index in [1.807, 2.05) is 60.7 Å². The number of fused-ring (bicyclic) bond motifs is 3. The minimum absolute atomic E-state index is 0.625. The van der Waals surface area contributed by atoms with Crippen molar-refractivity contribution in [1.82, 2.24) is 15.0 Å². The van der Waals surface area contributed by atoms with Gasteiger partial charge in [0.2, 0.25) is 0 Å². The van der Waals surface area contributed by atoms with E-state index in [0.717, 1.165) is 60.9 Å². The summed E-state index contributed by atoms with van der Waals surface area (Å²) in [5, 5.41) is 2.21. The summed E-state index contributed by atoms with van der Waals surface area (Å²) in [7, 11) is 0. The van der Waals surface area contributed by atoms with Crippen LogP contribution in [-0.4, -0.2) is 15.0 Å². The normalized spacial score (nSPS) is 11.3. The first kappa shape index (κ1) is 24.9. The predicted octanol–water partition coefficient (Wildman–Crippen LogP) is 10.1. The van der Waals surface area contributed by atoms with Crippen LogP contribution in [-0.2, 0) is 0 Å². The van der Waals surface area contributed by atoms with Gasteiger partial charge < -0.3 is 4.42 Å². The third kappa shape index (κ3) is 4.65. The van der Waals surface area contributed by atoms with Crippen LogP contribution in [0.25, 0.3) is 78.4 Å². The fraction of sp³-hybridized carbons (Fsp3) is 0. The summed E-state index contributed by atoms with van der Waals surface area (Å²) in [5.41, 5.74) is 9.00. The maximum absolute atomic E-state index is 6.17. The molecule has 6 aromatic carbocycles. The number of aromatic nitrogens is 3. The molecule has 0 unspecified atom stereocenters. The average Bonchev–Trinajstić information content (AvgIpc) is 3.48. The summed E-state index contributed by atoms with van der Waals surface area (Å²) >= 11 is 0. The molecule has 0 saturated carbocycles. The molecule has 0 aliphatic rings. The molecule has 43 heavy (non-hydrogen) atoms. The Balaban J connectivity index is 1.29. The van der Waals surface area contributed by atoms with Crippen molar-refractivity contribution >= 4 is 21.9 Å². The number of para-hydroxylation sites is 1. The quantitative estimate of drug-likeness (QED) is 0.214. The van der Waals surface area contributed by atoms with Gasteiger partial charge in [0, 0.05) is 27.5 Å². The molecule has 0 aliphatic carbocycles. The van der Waals surface area contributed by atoms with Crippen molar-refractivity contribution in [2.24, 2.45) is 0 Å². The molecular formula is C39H25N3O. The van der Waals surface area contributed by atoms with Gasteiger partial charge in [0.1, 0.15) is 11.2 Å². The van der Waals surface area contributed by atoms with Crippen LogP contribution in [0.1, 0.15) is 0 Å². The Labute approximate surface area is 249 Å². The molecule has 0 bridgehead atoms. The van der Waals surface area contributed by atoms with Crippen molar-refractivity contribution in [3.63, 3.8) is 0 Å². The van der Waals surface area contributed by atoms with Crippen LogP contribution in [0, 0.1) is 0 Å². The number of benzene rings is 6. The van der Waals surface area contributed by atoms with Gasteiger partial charge in [-0.05, 0) is 46.5 Å². The van der Waals surface area contributed by atoms with E-state index in [2.05, 4.69) is 91.0 Å². The number of furan rings is 1. The first-order chi connectivity index (χ1) is 21.3. The Bertz CT molecular complexity index is 2240. The third-order valence-electron chi connectivity index (χ3n) is 7.73. The molecule has 2 aromatic heterocycles. The van der Waals surface area contributed by atoms with Gasteiger partial charge in [0.05, 0.1) is 0 Å². The zero-order valence-corrected chi connectivity index (χ0v) is 23.2. The van der Waals surface area contributed by atoms with E-state index in [1.165, 1.54) is 0 Å². The molecule has 4 nitrogen and oxygen atoms in total. The molecule has 4 heteroatoms. The van der Waals surface area contributed by atoms with E-state index in [1.54, 1.807) is 0 Å². The van der Waals surface area contributed by atoms with Crippen LogP contribution in [0.2, 0.25) is 0 Å². The van der Waals surface area contributed by atoms with Crippen molar-refractivity contribution in [1.29, 1.82) is 0 Å². The van der Waals surface area contributed by atoms with Gasteiger partial charge in [-0.1, -0.05) is 127 Å². The van der Waals surface area contributed by atoms with Gasteiger partial charge in [0.25, 0.3) is 0 Å². The largest absolute Gasteiger partial charge is 0.456 e. The first-order valence-electron chi connectivity index (χ1n) is 14.3. The monoisotopic (exact) mass is 551 g/mol. The van der Waals surface area contributed by atoms with Crippen molar-refractivity contribution < 1.29 is 4.42 Å². The summed E-state index contributed by atoms with van der Waals surface area (Å²) in [5.74, 6) is 1.90. The van der Waals surface area contributed by atoms with Gasteiger partial charge in [0.15, 0.2) is 17.5 Å². The molecule has 8 rings (SSSR count). The van der Waals surface area contributed by atoms with E-state index in [9.17, 15) is 0 Å². The van der Waals surface area contributed by atoms with E-state index in [0.29, 0.717) is 17.5 Å². The minimum atomic E-state index is 0.625. The number of hydrogen-bond donors (Lipinski definition) is 0. The second-order valence-corrected chi connectivity index (χ2v) is 10.5. The summed E-state index contributed by atoms with van der Waals surface area (Å²) in [6.07, 6.45) is 0. The van der Waals surface area contributed by atoms with Crippen molar-refractivity contribution in [3.8, 4) is 56.4 Å². The molecule has 0 atom stereocenters. The molecule has 0 N–H and O–H groups in total. The Morgan fingerprint density at radius 3 is 1.56 bits per heavy atom. The molecule has 0 fully saturated rings. The maximum Gasteiger partial charge on any atom is 0.164 e. The zero-order chi connectivity index (χ0) is 28.6. The standard InChI is InChI=1S/C39H25N3O/c1-3-12-26(13-4-1)28-16-9-18-30(24-28)38-40-37(27-14-5-2-6-15-27)41-39(42-38)31-19-10-17-29(25-31)32-21-11-23-35-36(32)33-20-7-8-22-34(33)43-35/h1-25H. The van der Waals surface area contributed by atoms with E-state index >= 15 is 0 Å². The van der Waals surface area contributed by atoms with Crippen molar-refractivity contribution in [2.45, 2.75) is 0 Å². The summed E-state index contributed by atoms with van der Waals surface area (Å²) in [6, 6.07) is 51.6. The second-order valence-electron chi connectivity index (χ2n) is 10.5. The Morgan fingerprint density at radius 1 is 0.349 bits per heavy atom. The Hall–Kier alpha value is -5.87. The highest BCUT2D eigenvalue weighted by molar-refractivity contribution is 6.12. The molecule has 8 aromatic rings. The first-order valence-corrected chi connectivity index (χ1v) is 14.3. The van der Waals surface area contributed by atoms with Crippen molar-refractivity contribution in [3.05, 3.63) is 152 Å². The topological polar surface area (TPSA) is 51.8 Å². The lowest BCUT2D eigenvalue weighted by atomic mass is 9.98. The summed E-state index contributed by atoms with van der Waals surface area (Å²) in [6.45, 7) is 0. The van der Waals surface area contributed by atoms with Crippen LogP contribution >= 0.6 is 0 Å². The van der Waals surface area contributed by atoms with Gasteiger partial charge in [-0.3, -0.25) is 0 Å². The predicted molar refractivity (Wildman–Crippen MR) is 174 cm³/mol. The lowest BCUT2D eigenvalue weighted by Gasteiger charge is -2.11. The lowest BCUT2D eigenvalue weighted by molar-refractivity contribution is 0.669. The molecule has 2 heterocycles. The van der Waals surface area contributed by atoms with Gasteiger partial charge >= 0.3 is 0 Å². The molecule has 0 amide bonds. The number of rotatable bonds is 5. The second kappa shape index (κ2) is 10.5. The van der Waals surface area contributed by atoms with Crippen LogP contribution in [0.4, 0.5) is 0 Å². The number of hydrogen-bond acceptors (Lipinski definition) is 4. The van der Waals surface area contributed by atoms with Crippen LogP contribution in [0.15, 0.2) is 156 Å². The van der Waals surface area contributed by atoms with Crippen LogP contribution < -0.4 is 0 Å². The molecular weight excluding hydrogens is 526 g/mol. The van der Waals surface area contributed by atoms with E-state index in [-0.39, 0.29) is 0 Å². The average molecular weight is 552 g/mol. The molecule has 0 radical (unpaired) electrons. The van der Waals surface area contributed by atoms with E-state index < -0.39 is 0 Å². The van der Waals surface area contributed by atoms with Gasteiger partial charge in [-0.2, -0.15) is 0 Å². The molecule has 0 spiro atoms. The maximum atomic E-state index is 6.17. The lowest BCUT2D eigenvalue weighted by Crippen LogP contribution is -2.00. The highest BCUT2D eigenvalue weighted by atomic mass is 16.3. The van der Waals surface area contributed by atoms with E-state index in [4.69, 9.17) is 19.4 Å². The van der Waals surface area contributed by atoms with Crippen molar-refractivity contribution in [2.75, 3.05) is 0 Å². The van der Waals surface area contributed by atoms with Gasteiger partial charge in [-0.25, -0.2) is 15.0 Å². The van der Waals surface area contributed by atoms with Crippen LogP contribution in [0.3, 0.4) is 0 Å². The SMILES string of the molecule is c1ccc(-c2cccc(-c3nc(-c4ccccc4)nc(-c4cccc(-c5cccc6oc7ccccc7c56)c4)n3)c2)cc1. The third-order valence-corrected chi connectivity index (χ3v) is 7.73. The summed E-state index contributed by atoms with van der Waals surface area (Å²) < 4.78 is 6.17. The Kier molecular flexibility index (Phi) is 6.08. The molecule has 0 aliphatic heterocycles. The number of nitrogens with zero attached hydrogens (tertiary/aromatic N) is 3.